The standard InChI is InChI=1S/C8H18O.O/c1-7(2,3)9-8(4,5)6;/h1-6H3;. The molecule has 0 aliphatic heterocycles. The van der Waals surface area contributed by atoms with Crippen LogP contribution in [0.3, 0.4) is 0 Å². The average molecular weight is 146 g/mol. The van der Waals surface area contributed by atoms with E-state index in [9.17, 15) is 0 Å². The maximum absolute atomic E-state index is 5.62. The molecule has 0 saturated heterocycles. The zero-order chi connectivity index (χ0) is 7.71. The molecule has 2 radical (unpaired) electrons. The predicted octanol–water partition coefficient (Wildman–Crippen LogP) is 2.48. The van der Waals surface area contributed by atoms with Crippen LogP contribution in [0.5, 0.6) is 0 Å². The molecule has 2 heteroatoms. The maximum atomic E-state index is 5.62. The van der Waals surface area contributed by atoms with Crippen LogP contribution in [0.2, 0.25) is 0 Å². The first-order chi connectivity index (χ1) is 3.71. The fourth-order valence-corrected chi connectivity index (χ4v) is 0.919. The molecule has 0 saturated carbocycles. The highest BCUT2D eigenvalue weighted by atomic mass is 16.5. The van der Waals surface area contributed by atoms with Crippen LogP contribution in [0.15, 0.2) is 0 Å². The lowest BCUT2D eigenvalue weighted by molar-refractivity contribution is -0.102. The van der Waals surface area contributed by atoms with Crippen LogP contribution in [-0.4, -0.2) is 11.2 Å². The van der Waals surface area contributed by atoms with Crippen LogP contribution in [0.25, 0.3) is 0 Å². The number of ether oxygens (including phenoxy) is 1. The molecule has 62 valence electrons. The normalized spacial score (nSPS) is 12.6. The summed E-state index contributed by atoms with van der Waals surface area (Å²) >= 11 is 0. The topological polar surface area (TPSA) is 37.7 Å². The van der Waals surface area contributed by atoms with Crippen LogP contribution in [-0.2, 0) is 10.2 Å². The van der Waals surface area contributed by atoms with Crippen molar-refractivity contribution in [1.82, 2.24) is 0 Å². The van der Waals surface area contributed by atoms with E-state index in [1.807, 2.05) is 0 Å². The molecule has 0 spiro atoms. The first-order valence-corrected chi connectivity index (χ1v) is 3.41. The van der Waals surface area contributed by atoms with E-state index >= 15 is 0 Å². The Morgan fingerprint density at radius 2 is 0.900 bits per heavy atom. The summed E-state index contributed by atoms with van der Waals surface area (Å²) in [5, 5.41) is 0. The van der Waals surface area contributed by atoms with Gasteiger partial charge < -0.3 is 4.74 Å². The third kappa shape index (κ3) is 10.8. The molecule has 0 aliphatic carbocycles. The molecule has 0 atom stereocenters. The highest BCUT2D eigenvalue weighted by Crippen LogP contribution is 2.17. The molecule has 10 heavy (non-hydrogen) atoms. The Morgan fingerprint density at radius 3 is 0.900 bits per heavy atom. The molecule has 0 aromatic heterocycles. The lowest BCUT2D eigenvalue weighted by atomic mass is 10.1. The third-order valence-electron chi connectivity index (χ3n) is 0.612. The molecule has 0 aromatic rings. The predicted molar refractivity (Wildman–Crippen MR) is 41.3 cm³/mol. The number of hydrogen-bond acceptors (Lipinski definition) is 1. The highest BCUT2D eigenvalue weighted by molar-refractivity contribution is 4.68. The zero-order valence-electron chi connectivity index (χ0n) is 7.82. The van der Waals surface area contributed by atoms with Crippen molar-refractivity contribution in [3.05, 3.63) is 0 Å². The van der Waals surface area contributed by atoms with Crippen molar-refractivity contribution < 1.29 is 10.2 Å². The molecular weight excluding hydrogens is 128 g/mol. The van der Waals surface area contributed by atoms with Gasteiger partial charge in [-0.3, -0.25) is 0 Å². The summed E-state index contributed by atoms with van der Waals surface area (Å²) in [6.07, 6.45) is 0. The summed E-state index contributed by atoms with van der Waals surface area (Å²) in [6.45, 7) is 12.4. The van der Waals surface area contributed by atoms with E-state index in [0.29, 0.717) is 0 Å². The summed E-state index contributed by atoms with van der Waals surface area (Å²) in [4.78, 5) is 0. The van der Waals surface area contributed by atoms with Gasteiger partial charge in [0.25, 0.3) is 0 Å². The second kappa shape index (κ2) is 3.35. The van der Waals surface area contributed by atoms with Crippen LogP contribution >= 0.6 is 0 Å². The molecule has 2 nitrogen and oxygen atoms in total. The van der Waals surface area contributed by atoms with Crippen molar-refractivity contribution in [1.29, 1.82) is 0 Å². The van der Waals surface area contributed by atoms with E-state index in [-0.39, 0.29) is 16.7 Å². The first-order valence-electron chi connectivity index (χ1n) is 3.41. The van der Waals surface area contributed by atoms with Gasteiger partial charge in [0.2, 0.25) is 0 Å². The van der Waals surface area contributed by atoms with Crippen molar-refractivity contribution in [3.63, 3.8) is 0 Å². The lowest BCUT2D eigenvalue weighted by Gasteiger charge is -2.30. The Hall–Kier alpha value is -0.0800. The van der Waals surface area contributed by atoms with Crippen molar-refractivity contribution in [3.8, 4) is 0 Å². The Bertz CT molecular complexity index is 72.4. The summed E-state index contributed by atoms with van der Waals surface area (Å²) in [6, 6.07) is 0. The van der Waals surface area contributed by atoms with E-state index in [1.54, 1.807) is 0 Å². The van der Waals surface area contributed by atoms with Gasteiger partial charge in [-0.25, -0.2) is 0 Å². The quantitative estimate of drug-likeness (QED) is 0.517. The van der Waals surface area contributed by atoms with E-state index < -0.39 is 0 Å². The zero-order valence-corrected chi connectivity index (χ0v) is 7.82. The van der Waals surface area contributed by atoms with E-state index in [0.717, 1.165) is 0 Å². The molecule has 0 N–H and O–H groups in total. The smallest absolute Gasteiger partial charge is 0.0605 e. The number of hydrogen-bond donors (Lipinski definition) is 0. The Balaban J connectivity index is 0. The molecule has 0 unspecified atom stereocenters. The molecule has 0 aliphatic rings. The van der Waals surface area contributed by atoms with Gasteiger partial charge in [-0.1, -0.05) is 0 Å². The highest BCUT2D eigenvalue weighted by Gasteiger charge is 2.19. The van der Waals surface area contributed by atoms with Gasteiger partial charge in [0.1, 0.15) is 0 Å². The van der Waals surface area contributed by atoms with E-state index in [1.165, 1.54) is 0 Å². The van der Waals surface area contributed by atoms with Crippen molar-refractivity contribution in [2.24, 2.45) is 0 Å². The SMILES string of the molecule is CC(C)(C)OC(C)(C)C.[O]. The van der Waals surface area contributed by atoms with Crippen LogP contribution in [0.1, 0.15) is 41.5 Å². The summed E-state index contributed by atoms with van der Waals surface area (Å²) < 4.78 is 5.62. The molecule has 0 amide bonds. The minimum absolute atomic E-state index is 0. The molecule has 0 bridgehead atoms. The van der Waals surface area contributed by atoms with Gasteiger partial charge in [0, 0.05) is 5.48 Å². The minimum atomic E-state index is -0.0156. The van der Waals surface area contributed by atoms with Crippen LogP contribution in [0.4, 0.5) is 0 Å². The van der Waals surface area contributed by atoms with Crippen molar-refractivity contribution in [2.75, 3.05) is 0 Å². The second-order valence-corrected chi connectivity index (χ2v) is 4.33. The minimum Gasteiger partial charge on any atom is -0.370 e. The van der Waals surface area contributed by atoms with Gasteiger partial charge in [0.15, 0.2) is 0 Å². The van der Waals surface area contributed by atoms with Gasteiger partial charge >= 0.3 is 0 Å². The van der Waals surface area contributed by atoms with E-state index in [2.05, 4.69) is 41.5 Å². The molecule has 0 heterocycles. The summed E-state index contributed by atoms with van der Waals surface area (Å²) in [7, 11) is 0. The van der Waals surface area contributed by atoms with Gasteiger partial charge in [-0.2, -0.15) is 0 Å². The van der Waals surface area contributed by atoms with Gasteiger partial charge in [-0.15, -0.1) is 0 Å². The summed E-state index contributed by atoms with van der Waals surface area (Å²) in [5.74, 6) is 0. The molecular formula is C8H18O2. The number of rotatable bonds is 0. The van der Waals surface area contributed by atoms with Gasteiger partial charge in [0.05, 0.1) is 11.2 Å². The fraction of sp³-hybridized carbons (Fsp3) is 1.00. The lowest BCUT2D eigenvalue weighted by Crippen LogP contribution is -2.31. The molecule has 0 rings (SSSR count). The maximum Gasteiger partial charge on any atom is 0.0605 e. The van der Waals surface area contributed by atoms with Crippen molar-refractivity contribution >= 4 is 0 Å². The van der Waals surface area contributed by atoms with Gasteiger partial charge in [-0.05, 0) is 41.5 Å². The molecule has 0 aromatic carbocycles. The van der Waals surface area contributed by atoms with Crippen molar-refractivity contribution in [2.45, 2.75) is 52.7 Å². The Kier molecular flexibility index (Phi) is 4.22. The summed E-state index contributed by atoms with van der Waals surface area (Å²) in [5.41, 5.74) is -0.0312. The molecule has 0 fully saturated rings. The second-order valence-electron chi connectivity index (χ2n) is 4.33. The Labute approximate surface area is 63.9 Å². The fourth-order valence-electron chi connectivity index (χ4n) is 0.919. The monoisotopic (exact) mass is 146 g/mol. The van der Waals surface area contributed by atoms with E-state index in [4.69, 9.17) is 4.74 Å². The van der Waals surface area contributed by atoms with Crippen LogP contribution in [0, 0.1) is 0 Å². The first kappa shape index (κ1) is 12.6. The van der Waals surface area contributed by atoms with Crippen LogP contribution < -0.4 is 0 Å². The average Bonchev–Trinajstić information content (AvgIpc) is 1.14. The third-order valence-corrected chi connectivity index (χ3v) is 0.612. The largest absolute Gasteiger partial charge is 0.370 e. The Morgan fingerprint density at radius 1 is 0.700 bits per heavy atom.